The molecule has 1 aromatic heterocycles. The summed E-state index contributed by atoms with van der Waals surface area (Å²) in [5, 5.41) is 16.9. The number of fused-ring (bicyclic) bond motifs is 2. The van der Waals surface area contributed by atoms with E-state index in [1.54, 1.807) is 12.7 Å². The van der Waals surface area contributed by atoms with Crippen molar-refractivity contribution in [1.29, 1.82) is 5.26 Å². The first-order chi connectivity index (χ1) is 13.0. The first-order valence-electron chi connectivity index (χ1n) is 9.87. The standard InChI is InChI=1S/C19H27FN6O/c1-13-2-14-5-19(4-13,10-25-12-22-11-24-25)6-17(14)23-8-18(27)26-9-15(20)3-16(26)7-21/h11-17,23H,2-6,8-10H2,1H3/t13?,14?,15-,16-,17?,19?/m0/s1. The predicted octanol–water partition coefficient (Wildman–Crippen LogP) is 1.53. The summed E-state index contributed by atoms with van der Waals surface area (Å²) in [6.45, 7) is 3.39. The number of nitriles is 1. The van der Waals surface area contributed by atoms with Gasteiger partial charge < -0.3 is 10.2 Å². The van der Waals surface area contributed by atoms with Crippen LogP contribution in [0.1, 0.15) is 39.0 Å². The fraction of sp³-hybridized carbons (Fsp3) is 0.789. The fourth-order valence-electron chi connectivity index (χ4n) is 5.76. The number of carbonyl (C=O) groups is 1. The van der Waals surface area contributed by atoms with E-state index < -0.39 is 12.2 Å². The second-order valence-corrected chi connectivity index (χ2v) is 8.82. The van der Waals surface area contributed by atoms with E-state index in [-0.39, 0.29) is 36.9 Å². The number of amides is 1. The van der Waals surface area contributed by atoms with E-state index >= 15 is 0 Å². The summed E-state index contributed by atoms with van der Waals surface area (Å²) in [7, 11) is 0. The lowest BCUT2D eigenvalue weighted by atomic mass is 9.71. The quantitative estimate of drug-likeness (QED) is 0.844. The highest BCUT2D eigenvalue weighted by atomic mass is 19.1. The highest BCUT2D eigenvalue weighted by Crippen LogP contribution is 2.54. The minimum atomic E-state index is -1.09. The van der Waals surface area contributed by atoms with Gasteiger partial charge in [-0.25, -0.2) is 9.37 Å². The third-order valence-corrected chi connectivity index (χ3v) is 6.60. The van der Waals surface area contributed by atoms with Crippen LogP contribution in [-0.2, 0) is 11.3 Å². The molecule has 1 aliphatic heterocycles. The largest absolute Gasteiger partial charge is 0.323 e. The molecular formula is C19H27FN6O. The van der Waals surface area contributed by atoms with Crippen LogP contribution >= 0.6 is 0 Å². The van der Waals surface area contributed by atoms with Gasteiger partial charge in [0.05, 0.1) is 19.2 Å². The third kappa shape index (κ3) is 3.70. The zero-order valence-corrected chi connectivity index (χ0v) is 15.7. The number of aromatic nitrogens is 3. The van der Waals surface area contributed by atoms with Crippen LogP contribution in [0, 0.1) is 28.6 Å². The van der Waals surface area contributed by atoms with Gasteiger partial charge in [0.25, 0.3) is 0 Å². The Morgan fingerprint density at radius 1 is 1.41 bits per heavy atom. The molecule has 6 atom stereocenters. The topological polar surface area (TPSA) is 86.8 Å². The lowest BCUT2D eigenvalue weighted by Gasteiger charge is -2.36. The molecule has 0 spiro atoms. The highest BCUT2D eigenvalue weighted by Gasteiger charge is 2.50. The van der Waals surface area contributed by atoms with E-state index in [4.69, 9.17) is 5.26 Å². The number of likely N-dealkylation sites (tertiary alicyclic amines) is 1. The van der Waals surface area contributed by atoms with Gasteiger partial charge in [0.1, 0.15) is 24.9 Å². The average Bonchev–Trinajstić information content (AvgIpc) is 3.31. The van der Waals surface area contributed by atoms with E-state index in [0.29, 0.717) is 11.8 Å². The summed E-state index contributed by atoms with van der Waals surface area (Å²) in [4.78, 5) is 18.0. The maximum absolute atomic E-state index is 13.6. The molecule has 4 unspecified atom stereocenters. The summed E-state index contributed by atoms with van der Waals surface area (Å²) in [5.74, 6) is 1.04. The smallest absolute Gasteiger partial charge is 0.237 e. The van der Waals surface area contributed by atoms with Crippen molar-refractivity contribution >= 4 is 5.91 Å². The van der Waals surface area contributed by atoms with Crippen molar-refractivity contribution in [3.63, 3.8) is 0 Å². The third-order valence-electron chi connectivity index (χ3n) is 6.60. The molecule has 27 heavy (non-hydrogen) atoms. The molecule has 1 amide bonds. The van der Waals surface area contributed by atoms with Gasteiger partial charge in [0.15, 0.2) is 0 Å². The Morgan fingerprint density at radius 3 is 3.00 bits per heavy atom. The lowest BCUT2D eigenvalue weighted by Crippen LogP contribution is -2.44. The summed E-state index contributed by atoms with van der Waals surface area (Å²) in [6, 6.07) is 1.70. The molecule has 3 aliphatic rings. The maximum Gasteiger partial charge on any atom is 0.237 e. The van der Waals surface area contributed by atoms with E-state index in [1.165, 1.54) is 17.7 Å². The molecular weight excluding hydrogens is 347 g/mol. The van der Waals surface area contributed by atoms with Crippen molar-refractivity contribution in [2.75, 3.05) is 13.1 Å². The molecule has 2 heterocycles. The van der Waals surface area contributed by atoms with E-state index in [9.17, 15) is 9.18 Å². The minimum Gasteiger partial charge on any atom is -0.323 e. The molecule has 2 bridgehead atoms. The zero-order chi connectivity index (χ0) is 19.0. The van der Waals surface area contributed by atoms with Gasteiger partial charge >= 0.3 is 0 Å². The van der Waals surface area contributed by atoms with Crippen molar-refractivity contribution in [3.05, 3.63) is 12.7 Å². The van der Waals surface area contributed by atoms with E-state index in [1.807, 2.05) is 10.8 Å². The van der Waals surface area contributed by atoms with Crippen LogP contribution in [0.5, 0.6) is 0 Å². The van der Waals surface area contributed by atoms with Crippen LogP contribution in [-0.4, -0.2) is 56.9 Å². The molecule has 0 radical (unpaired) electrons. The van der Waals surface area contributed by atoms with Crippen molar-refractivity contribution in [3.8, 4) is 6.07 Å². The molecule has 146 valence electrons. The molecule has 4 rings (SSSR count). The van der Waals surface area contributed by atoms with Gasteiger partial charge in [-0.05, 0) is 42.9 Å². The average molecular weight is 374 g/mol. The molecule has 2 aliphatic carbocycles. The highest BCUT2D eigenvalue weighted by molar-refractivity contribution is 5.79. The lowest BCUT2D eigenvalue weighted by molar-refractivity contribution is -0.130. The van der Waals surface area contributed by atoms with Crippen LogP contribution in [0.15, 0.2) is 12.7 Å². The Hall–Kier alpha value is -2.01. The van der Waals surface area contributed by atoms with Crippen molar-refractivity contribution in [2.24, 2.45) is 17.3 Å². The SMILES string of the molecule is CC1CC2CC(Cn3cncn3)(C1)CC2NCC(=O)N1C[C@@H](F)C[C@H]1C#N. The molecule has 8 heteroatoms. The molecule has 1 N–H and O–H groups in total. The maximum atomic E-state index is 13.6. The number of rotatable bonds is 5. The van der Waals surface area contributed by atoms with E-state index in [0.717, 1.165) is 19.4 Å². The Labute approximate surface area is 158 Å². The van der Waals surface area contributed by atoms with Crippen LogP contribution in [0.2, 0.25) is 0 Å². The van der Waals surface area contributed by atoms with Crippen LogP contribution in [0.3, 0.4) is 0 Å². The van der Waals surface area contributed by atoms with Gasteiger partial charge in [-0.1, -0.05) is 6.92 Å². The summed E-state index contributed by atoms with van der Waals surface area (Å²) >= 11 is 0. The number of nitrogens with one attached hydrogen (secondary N) is 1. The summed E-state index contributed by atoms with van der Waals surface area (Å²) in [6.07, 6.45) is 6.88. The Kier molecular flexibility index (Phi) is 4.89. The number of hydrogen-bond donors (Lipinski definition) is 1. The predicted molar refractivity (Wildman–Crippen MR) is 96.0 cm³/mol. The molecule has 1 aromatic rings. The minimum absolute atomic E-state index is 0.0418. The van der Waals surface area contributed by atoms with Crippen molar-refractivity contribution in [1.82, 2.24) is 25.0 Å². The van der Waals surface area contributed by atoms with Crippen LogP contribution in [0.25, 0.3) is 0 Å². The second-order valence-electron chi connectivity index (χ2n) is 8.82. The summed E-state index contributed by atoms with van der Waals surface area (Å²) < 4.78 is 15.5. The van der Waals surface area contributed by atoms with Crippen LogP contribution < -0.4 is 5.32 Å². The zero-order valence-electron chi connectivity index (χ0n) is 15.7. The normalized spacial score (nSPS) is 38.1. The van der Waals surface area contributed by atoms with Crippen LogP contribution in [0.4, 0.5) is 4.39 Å². The molecule has 7 nitrogen and oxygen atoms in total. The van der Waals surface area contributed by atoms with Gasteiger partial charge in [-0.3, -0.25) is 9.48 Å². The van der Waals surface area contributed by atoms with Gasteiger partial charge in [0, 0.05) is 19.0 Å². The van der Waals surface area contributed by atoms with Gasteiger partial charge in [-0.15, -0.1) is 0 Å². The van der Waals surface area contributed by atoms with Gasteiger partial charge in [0.2, 0.25) is 5.91 Å². The van der Waals surface area contributed by atoms with Crippen molar-refractivity contribution in [2.45, 2.75) is 63.8 Å². The monoisotopic (exact) mass is 374 g/mol. The Balaban J connectivity index is 1.38. The van der Waals surface area contributed by atoms with Crippen molar-refractivity contribution < 1.29 is 9.18 Å². The first-order valence-corrected chi connectivity index (χ1v) is 9.87. The molecule has 2 saturated carbocycles. The Bertz CT molecular complexity index is 718. The molecule has 3 fully saturated rings. The number of carbonyl (C=O) groups excluding carboxylic acids is 1. The summed E-state index contributed by atoms with van der Waals surface area (Å²) in [5.41, 5.74) is 0.198. The van der Waals surface area contributed by atoms with E-state index in [2.05, 4.69) is 22.3 Å². The fourth-order valence-corrected chi connectivity index (χ4v) is 5.76. The second kappa shape index (κ2) is 7.19. The number of nitrogens with zero attached hydrogens (tertiary/aromatic N) is 5. The Morgan fingerprint density at radius 2 is 2.26 bits per heavy atom. The first kappa shape index (κ1) is 18.4. The number of halogens is 1. The van der Waals surface area contributed by atoms with Gasteiger partial charge in [-0.2, -0.15) is 10.4 Å². The number of alkyl halides is 1. The molecule has 1 saturated heterocycles. The number of hydrogen-bond acceptors (Lipinski definition) is 5. The molecule has 0 aromatic carbocycles.